The van der Waals surface area contributed by atoms with Gasteiger partial charge in [-0.25, -0.2) is 4.39 Å². The van der Waals surface area contributed by atoms with Gasteiger partial charge in [0.2, 0.25) is 0 Å². The van der Waals surface area contributed by atoms with Crippen molar-refractivity contribution in [3.63, 3.8) is 0 Å². The average Bonchev–Trinajstić information content (AvgIpc) is 2.48. The van der Waals surface area contributed by atoms with E-state index < -0.39 is 24.5 Å². The summed E-state index contributed by atoms with van der Waals surface area (Å²) in [6, 6.07) is 3.76. The predicted molar refractivity (Wildman–Crippen MR) is 75.4 cm³/mol. The average molecular weight is 320 g/mol. The van der Waals surface area contributed by atoms with E-state index in [4.69, 9.17) is 4.74 Å². The van der Waals surface area contributed by atoms with E-state index in [-0.39, 0.29) is 6.42 Å². The van der Waals surface area contributed by atoms with Crippen molar-refractivity contribution < 1.29 is 22.3 Å². The van der Waals surface area contributed by atoms with Crippen LogP contribution in [0.2, 0.25) is 0 Å². The zero-order chi connectivity index (χ0) is 16.2. The summed E-state index contributed by atoms with van der Waals surface area (Å²) in [5.41, 5.74) is 0.298. The van der Waals surface area contributed by atoms with Crippen LogP contribution in [0, 0.1) is 5.82 Å². The Morgan fingerprint density at radius 3 is 2.50 bits per heavy atom. The van der Waals surface area contributed by atoms with Crippen molar-refractivity contribution in [2.45, 2.75) is 25.1 Å². The van der Waals surface area contributed by atoms with E-state index in [1.807, 2.05) is 4.90 Å². The Hall–Kier alpha value is -1.34. The maximum atomic E-state index is 14.3. The van der Waals surface area contributed by atoms with Crippen molar-refractivity contribution >= 4 is 0 Å². The molecule has 2 rings (SSSR count). The molecule has 3 nitrogen and oxygen atoms in total. The lowest BCUT2D eigenvalue weighted by Crippen LogP contribution is -2.45. The van der Waals surface area contributed by atoms with Gasteiger partial charge in [0.1, 0.15) is 11.6 Å². The monoisotopic (exact) mass is 320 g/mol. The molecule has 1 saturated heterocycles. The molecule has 0 aliphatic carbocycles. The van der Waals surface area contributed by atoms with E-state index >= 15 is 0 Å². The summed E-state index contributed by atoms with van der Waals surface area (Å²) in [7, 11) is 1.42. The summed E-state index contributed by atoms with van der Waals surface area (Å²) >= 11 is 0. The van der Waals surface area contributed by atoms with Crippen LogP contribution in [0.15, 0.2) is 18.2 Å². The van der Waals surface area contributed by atoms with Crippen LogP contribution in [0.5, 0.6) is 5.75 Å². The van der Waals surface area contributed by atoms with Gasteiger partial charge >= 0.3 is 6.18 Å². The second-order valence-corrected chi connectivity index (χ2v) is 5.34. The summed E-state index contributed by atoms with van der Waals surface area (Å²) in [6.45, 7) is 2.60. The van der Waals surface area contributed by atoms with Crippen molar-refractivity contribution in [3.8, 4) is 5.75 Å². The number of halogens is 4. The molecule has 1 N–H and O–H groups in total. The van der Waals surface area contributed by atoms with E-state index in [1.165, 1.54) is 19.2 Å². The first-order valence-electron chi connectivity index (χ1n) is 7.25. The fourth-order valence-electron chi connectivity index (χ4n) is 2.73. The van der Waals surface area contributed by atoms with Crippen LogP contribution in [0.3, 0.4) is 0 Å². The first-order valence-corrected chi connectivity index (χ1v) is 7.25. The standard InChI is InChI=1S/C15H20F4N2O/c1-22-11-2-3-12(13(16)10-11)14(4-5-15(17,18)19)21-8-6-20-7-9-21/h2-3,10,14,20H,4-9H2,1H3/t14-/m0/s1. The van der Waals surface area contributed by atoms with Gasteiger partial charge < -0.3 is 10.1 Å². The number of benzene rings is 1. The molecule has 0 unspecified atom stereocenters. The van der Waals surface area contributed by atoms with Crippen LogP contribution in [0.1, 0.15) is 24.4 Å². The van der Waals surface area contributed by atoms with E-state index in [1.54, 1.807) is 6.07 Å². The number of methoxy groups -OCH3 is 1. The maximum Gasteiger partial charge on any atom is 0.389 e. The molecule has 0 amide bonds. The van der Waals surface area contributed by atoms with Gasteiger partial charge in [-0.15, -0.1) is 0 Å². The Morgan fingerprint density at radius 1 is 1.27 bits per heavy atom. The summed E-state index contributed by atoms with van der Waals surface area (Å²) < 4.78 is 56.9. The second-order valence-electron chi connectivity index (χ2n) is 5.34. The highest BCUT2D eigenvalue weighted by Crippen LogP contribution is 2.33. The van der Waals surface area contributed by atoms with E-state index in [0.717, 1.165) is 0 Å². The first-order chi connectivity index (χ1) is 10.4. The first kappa shape index (κ1) is 17.0. The molecule has 0 radical (unpaired) electrons. The lowest BCUT2D eigenvalue weighted by atomic mass is 9.98. The number of piperazine rings is 1. The third kappa shape index (κ3) is 4.58. The quantitative estimate of drug-likeness (QED) is 0.844. The summed E-state index contributed by atoms with van der Waals surface area (Å²) in [6.07, 6.45) is -5.31. The smallest absolute Gasteiger partial charge is 0.389 e. The minimum Gasteiger partial charge on any atom is -0.497 e. The molecule has 124 valence electrons. The normalized spacial score (nSPS) is 18.2. The number of alkyl halides is 3. The molecular weight excluding hydrogens is 300 g/mol. The molecule has 1 aromatic carbocycles. The molecule has 1 heterocycles. The van der Waals surface area contributed by atoms with E-state index in [0.29, 0.717) is 37.5 Å². The van der Waals surface area contributed by atoms with Crippen molar-refractivity contribution in [2.24, 2.45) is 0 Å². The molecule has 1 aliphatic rings. The molecular formula is C15H20F4N2O. The van der Waals surface area contributed by atoms with E-state index in [2.05, 4.69) is 5.32 Å². The SMILES string of the molecule is COc1ccc([C@H](CCC(F)(F)F)N2CCNCC2)c(F)c1. The van der Waals surface area contributed by atoms with Crippen LogP contribution in [0.4, 0.5) is 17.6 Å². The van der Waals surface area contributed by atoms with Gasteiger partial charge in [-0.3, -0.25) is 4.90 Å². The van der Waals surface area contributed by atoms with Gasteiger partial charge in [0.15, 0.2) is 0 Å². The van der Waals surface area contributed by atoms with Crippen molar-refractivity contribution in [2.75, 3.05) is 33.3 Å². The third-order valence-electron chi connectivity index (χ3n) is 3.86. The van der Waals surface area contributed by atoms with Crippen molar-refractivity contribution in [1.29, 1.82) is 0 Å². The molecule has 7 heteroatoms. The Balaban J connectivity index is 2.22. The van der Waals surface area contributed by atoms with Gasteiger partial charge in [-0.05, 0) is 12.5 Å². The van der Waals surface area contributed by atoms with Gasteiger partial charge in [-0.2, -0.15) is 13.2 Å². The topological polar surface area (TPSA) is 24.5 Å². The highest BCUT2D eigenvalue weighted by Gasteiger charge is 2.32. The number of ether oxygens (including phenoxy) is 1. The largest absolute Gasteiger partial charge is 0.497 e. The number of hydrogen-bond acceptors (Lipinski definition) is 3. The number of hydrogen-bond donors (Lipinski definition) is 1. The molecule has 1 aromatic rings. The van der Waals surface area contributed by atoms with Crippen LogP contribution in [-0.4, -0.2) is 44.4 Å². The van der Waals surface area contributed by atoms with Gasteiger partial charge in [0.05, 0.1) is 7.11 Å². The zero-order valence-corrected chi connectivity index (χ0v) is 12.4. The third-order valence-corrected chi connectivity index (χ3v) is 3.86. The fourth-order valence-corrected chi connectivity index (χ4v) is 2.73. The van der Waals surface area contributed by atoms with Crippen LogP contribution in [-0.2, 0) is 0 Å². The molecule has 22 heavy (non-hydrogen) atoms. The minimum absolute atomic E-state index is 0.146. The highest BCUT2D eigenvalue weighted by atomic mass is 19.4. The van der Waals surface area contributed by atoms with Crippen LogP contribution < -0.4 is 10.1 Å². The van der Waals surface area contributed by atoms with Crippen LogP contribution >= 0.6 is 0 Å². The molecule has 0 saturated carbocycles. The molecule has 1 fully saturated rings. The number of nitrogens with one attached hydrogen (secondary N) is 1. The van der Waals surface area contributed by atoms with Gasteiger partial charge in [0, 0.05) is 50.3 Å². The molecule has 1 aliphatic heterocycles. The lowest BCUT2D eigenvalue weighted by molar-refractivity contribution is -0.138. The Kier molecular flexibility index (Phi) is 5.63. The van der Waals surface area contributed by atoms with Gasteiger partial charge in [-0.1, -0.05) is 6.07 Å². The molecule has 0 aromatic heterocycles. The zero-order valence-electron chi connectivity index (χ0n) is 12.4. The maximum absolute atomic E-state index is 14.3. The Morgan fingerprint density at radius 2 is 1.95 bits per heavy atom. The second kappa shape index (κ2) is 7.28. The van der Waals surface area contributed by atoms with Crippen molar-refractivity contribution in [1.82, 2.24) is 10.2 Å². The molecule has 0 bridgehead atoms. The van der Waals surface area contributed by atoms with Crippen LogP contribution in [0.25, 0.3) is 0 Å². The Labute approximate surface area is 127 Å². The molecule has 0 spiro atoms. The van der Waals surface area contributed by atoms with E-state index in [9.17, 15) is 17.6 Å². The Bertz CT molecular complexity index is 487. The number of rotatable bonds is 5. The lowest BCUT2D eigenvalue weighted by Gasteiger charge is -2.35. The van der Waals surface area contributed by atoms with Crippen molar-refractivity contribution in [3.05, 3.63) is 29.6 Å². The number of nitrogens with zero attached hydrogens (tertiary/aromatic N) is 1. The molecule has 1 atom stereocenters. The minimum atomic E-state index is -4.24. The summed E-state index contributed by atoms with van der Waals surface area (Å²) in [4.78, 5) is 1.91. The fraction of sp³-hybridized carbons (Fsp3) is 0.600. The highest BCUT2D eigenvalue weighted by molar-refractivity contribution is 5.31. The predicted octanol–water partition coefficient (Wildman–Crippen LogP) is 3.12. The van der Waals surface area contributed by atoms with Gasteiger partial charge in [0.25, 0.3) is 0 Å². The summed E-state index contributed by atoms with van der Waals surface area (Å²) in [5, 5.41) is 3.15. The summed E-state index contributed by atoms with van der Waals surface area (Å²) in [5.74, 6) is -0.166.